The minimum Gasteiger partial charge on any atom is -0.457 e. The minimum atomic E-state index is -1.01. The number of nitrogens with one attached hydrogen (secondary N) is 1. The van der Waals surface area contributed by atoms with Crippen molar-refractivity contribution in [3.63, 3.8) is 0 Å². The van der Waals surface area contributed by atoms with E-state index in [9.17, 15) is 10.1 Å². The van der Waals surface area contributed by atoms with Gasteiger partial charge in [0.1, 0.15) is 17.6 Å². The Hall–Kier alpha value is -3.30. The number of carbonyl (C=O) groups excluding carboxylic acids is 1. The molecule has 0 bridgehead atoms. The van der Waals surface area contributed by atoms with E-state index in [4.69, 9.17) is 14.3 Å². The molecule has 0 amide bonds. The van der Waals surface area contributed by atoms with Crippen molar-refractivity contribution in [2.24, 2.45) is 17.3 Å². The average molecular weight is 435 g/mol. The van der Waals surface area contributed by atoms with Crippen LogP contribution in [0.25, 0.3) is 0 Å². The molecule has 6 heteroatoms. The Bertz CT molecular complexity index is 1010. The van der Waals surface area contributed by atoms with Gasteiger partial charge < -0.3 is 9.47 Å². The number of nitrogens with zero attached hydrogens (tertiary/aromatic N) is 1. The van der Waals surface area contributed by atoms with Gasteiger partial charge in [0, 0.05) is 11.3 Å². The number of allylic oxidation sites excluding steroid dienone is 2. The lowest BCUT2D eigenvalue weighted by atomic mass is 10.1. The number of rotatable bonds is 9. The number of nitriles is 1. The third-order valence-corrected chi connectivity index (χ3v) is 5.54. The second kappa shape index (κ2) is 9.88. The van der Waals surface area contributed by atoms with Gasteiger partial charge in [-0.25, -0.2) is 0 Å². The van der Waals surface area contributed by atoms with Crippen molar-refractivity contribution in [2.75, 3.05) is 0 Å². The molecular formula is C26H30N2O4. The maximum Gasteiger partial charge on any atom is 0.311 e. The first-order chi connectivity index (χ1) is 15.2. The highest BCUT2D eigenvalue weighted by atomic mass is 16.7. The van der Waals surface area contributed by atoms with Crippen LogP contribution in [-0.2, 0) is 14.4 Å². The Labute approximate surface area is 189 Å². The van der Waals surface area contributed by atoms with E-state index in [0.29, 0.717) is 17.1 Å². The normalized spacial score (nSPS) is 20.2. The smallest absolute Gasteiger partial charge is 0.311 e. The summed E-state index contributed by atoms with van der Waals surface area (Å²) in [5.74, 6) is 0.567. The lowest BCUT2D eigenvalue weighted by molar-refractivity contribution is -0.149. The number of hydrogen-bond donors (Lipinski definition) is 1. The van der Waals surface area contributed by atoms with Crippen molar-refractivity contribution in [3.8, 4) is 17.6 Å². The van der Waals surface area contributed by atoms with Crippen LogP contribution in [0, 0.1) is 28.6 Å². The first kappa shape index (κ1) is 23.4. The standard InChI is InChI=1S/C26H30N2O4/c1-17(2)32-28-18(3)14-22-24(26(22,4)5)25(29)31-23(16-27)19-10-9-13-21(15-19)30-20-11-7-6-8-12-20/h6-15,17,22-24,28H,1-5H3/t22-,23?,24-/m0/s1. The third kappa shape index (κ3) is 5.68. The summed E-state index contributed by atoms with van der Waals surface area (Å²) in [6.07, 6.45) is 1.03. The van der Waals surface area contributed by atoms with Crippen molar-refractivity contribution in [1.29, 1.82) is 5.26 Å². The average Bonchev–Trinajstić information content (AvgIpc) is 3.30. The van der Waals surface area contributed by atoms with Gasteiger partial charge in [-0.05, 0) is 56.4 Å². The van der Waals surface area contributed by atoms with Crippen LogP contribution in [0.4, 0.5) is 0 Å². The first-order valence-corrected chi connectivity index (χ1v) is 10.8. The molecule has 0 saturated heterocycles. The van der Waals surface area contributed by atoms with Crippen LogP contribution in [0.3, 0.4) is 0 Å². The molecule has 32 heavy (non-hydrogen) atoms. The zero-order valence-electron chi connectivity index (χ0n) is 19.2. The predicted molar refractivity (Wildman–Crippen MR) is 121 cm³/mol. The van der Waals surface area contributed by atoms with Crippen LogP contribution in [0.2, 0.25) is 0 Å². The number of benzene rings is 2. The second-order valence-corrected chi connectivity index (χ2v) is 8.88. The van der Waals surface area contributed by atoms with Crippen LogP contribution in [0.5, 0.6) is 11.5 Å². The monoisotopic (exact) mass is 434 g/mol. The molecule has 2 aromatic rings. The molecule has 1 aliphatic carbocycles. The van der Waals surface area contributed by atoms with Gasteiger partial charge in [-0.15, -0.1) is 0 Å². The predicted octanol–water partition coefficient (Wildman–Crippen LogP) is 5.69. The van der Waals surface area contributed by atoms with E-state index in [1.54, 1.807) is 24.3 Å². The fourth-order valence-corrected chi connectivity index (χ4v) is 3.68. The van der Waals surface area contributed by atoms with Crippen LogP contribution in [-0.4, -0.2) is 12.1 Å². The van der Waals surface area contributed by atoms with Crippen molar-refractivity contribution in [2.45, 2.75) is 46.8 Å². The fraction of sp³-hybridized carbons (Fsp3) is 0.385. The van der Waals surface area contributed by atoms with Gasteiger partial charge >= 0.3 is 5.97 Å². The van der Waals surface area contributed by atoms with Gasteiger partial charge in [-0.2, -0.15) is 5.26 Å². The van der Waals surface area contributed by atoms with E-state index >= 15 is 0 Å². The number of carbonyl (C=O) groups is 1. The summed E-state index contributed by atoms with van der Waals surface area (Å²) < 4.78 is 11.5. The molecular weight excluding hydrogens is 404 g/mol. The molecule has 0 aromatic heterocycles. The number of hydroxylamine groups is 1. The van der Waals surface area contributed by atoms with Crippen molar-refractivity contribution < 1.29 is 19.1 Å². The molecule has 2 aromatic carbocycles. The number of para-hydroxylation sites is 1. The summed E-state index contributed by atoms with van der Waals surface area (Å²) in [6, 6.07) is 18.5. The highest BCUT2D eigenvalue weighted by Crippen LogP contribution is 2.60. The number of hydrogen-bond acceptors (Lipinski definition) is 6. The van der Waals surface area contributed by atoms with E-state index in [1.807, 2.05) is 71.0 Å². The Morgan fingerprint density at radius 1 is 1.12 bits per heavy atom. The maximum atomic E-state index is 12.9. The quantitative estimate of drug-likeness (QED) is 0.403. The van der Waals surface area contributed by atoms with Gasteiger partial charge in [0.25, 0.3) is 0 Å². The summed E-state index contributed by atoms with van der Waals surface area (Å²) in [5, 5.41) is 9.67. The van der Waals surface area contributed by atoms with E-state index in [2.05, 4.69) is 11.5 Å². The van der Waals surface area contributed by atoms with E-state index < -0.39 is 6.10 Å². The molecule has 0 spiro atoms. The van der Waals surface area contributed by atoms with Gasteiger partial charge in [0.05, 0.1) is 12.0 Å². The number of ether oxygens (including phenoxy) is 2. The first-order valence-electron chi connectivity index (χ1n) is 10.8. The fourth-order valence-electron chi connectivity index (χ4n) is 3.68. The van der Waals surface area contributed by atoms with Crippen LogP contribution in [0.1, 0.15) is 46.3 Å². The van der Waals surface area contributed by atoms with Crippen molar-refractivity contribution in [3.05, 3.63) is 71.9 Å². The summed E-state index contributed by atoms with van der Waals surface area (Å²) in [6.45, 7) is 9.81. The molecule has 1 saturated carbocycles. The van der Waals surface area contributed by atoms with Gasteiger partial charge in [-0.1, -0.05) is 50.3 Å². The highest BCUT2D eigenvalue weighted by molar-refractivity contribution is 5.78. The molecule has 0 aliphatic heterocycles. The molecule has 0 radical (unpaired) electrons. The molecule has 1 fully saturated rings. The zero-order chi connectivity index (χ0) is 23.3. The van der Waals surface area contributed by atoms with Crippen LogP contribution >= 0.6 is 0 Å². The summed E-state index contributed by atoms with van der Waals surface area (Å²) >= 11 is 0. The second-order valence-electron chi connectivity index (χ2n) is 8.88. The van der Waals surface area contributed by atoms with Gasteiger partial charge in [-0.3, -0.25) is 15.1 Å². The molecule has 168 valence electrons. The van der Waals surface area contributed by atoms with Gasteiger partial charge in [0.2, 0.25) is 6.10 Å². The van der Waals surface area contributed by atoms with E-state index in [1.165, 1.54) is 0 Å². The Kier molecular flexibility index (Phi) is 7.22. The zero-order valence-corrected chi connectivity index (χ0v) is 19.2. The summed E-state index contributed by atoms with van der Waals surface area (Å²) in [7, 11) is 0. The van der Waals surface area contributed by atoms with Crippen molar-refractivity contribution >= 4 is 5.97 Å². The minimum absolute atomic E-state index is 0.00496. The largest absolute Gasteiger partial charge is 0.457 e. The molecule has 1 unspecified atom stereocenters. The Morgan fingerprint density at radius 2 is 1.81 bits per heavy atom. The topological polar surface area (TPSA) is 80.6 Å². The lowest BCUT2D eigenvalue weighted by Gasteiger charge is -2.13. The SMILES string of the molecule is CC(=C[C@H]1[C@@H](C(=O)OC(C#N)c2cccc(Oc3ccccc3)c2)C1(C)C)NOC(C)C. The van der Waals surface area contributed by atoms with E-state index in [-0.39, 0.29) is 29.3 Å². The highest BCUT2D eigenvalue weighted by Gasteiger charge is 2.61. The molecule has 3 rings (SSSR count). The summed E-state index contributed by atoms with van der Waals surface area (Å²) in [4.78, 5) is 18.3. The van der Waals surface area contributed by atoms with Gasteiger partial charge in [0.15, 0.2) is 0 Å². The van der Waals surface area contributed by atoms with E-state index in [0.717, 1.165) is 5.70 Å². The molecule has 3 atom stereocenters. The molecule has 0 heterocycles. The Balaban J connectivity index is 1.67. The Morgan fingerprint density at radius 3 is 2.47 bits per heavy atom. The molecule has 6 nitrogen and oxygen atoms in total. The van der Waals surface area contributed by atoms with Crippen LogP contribution in [0.15, 0.2) is 66.4 Å². The third-order valence-electron chi connectivity index (χ3n) is 5.54. The van der Waals surface area contributed by atoms with Crippen LogP contribution < -0.4 is 10.2 Å². The van der Waals surface area contributed by atoms with Crippen molar-refractivity contribution in [1.82, 2.24) is 5.48 Å². The lowest BCUT2D eigenvalue weighted by Crippen LogP contribution is -2.18. The maximum absolute atomic E-state index is 12.9. The molecule has 1 aliphatic rings. The molecule has 1 N–H and O–H groups in total. The summed E-state index contributed by atoms with van der Waals surface area (Å²) in [5.41, 5.74) is 4.06. The number of esters is 1.